The number of aliphatic hydroxyl groups is 6. The molecule has 5 atom stereocenters. The summed E-state index contributed by atoms with van der Waals surface area (Å²) in [6, 6.07) is 8.63. The maximum absolute atomic E-state index is 10.2. The van der Waals surface area contributed by atoms with Crippen LogP contribution in [0.15, 0.2) is 71.7 Å². The summed E-state index contributed by atoms with van der Waals surface area (Å²) in [5, 5.41) is 60.9. The second kappa shape index (κ2) is 10.1. The van der Waals surface area contributed by atoms with Crippen molar-refractivity contribution >= 4 is 6.08 Å². The molecule has 0 saturated heterocycles. The Labute approximate surface area is 177 Å². The summed E-state index contributed by atoms with van der Waals surface area (Å²) in [6.45, 7) is 6.40. The van der Waals surface area contributed by atoms with Crippen LogP contribution in [0.3, 0.4) is 0 Å². The van der Waals surface area contributed by atoms with E-state index >= 15 is 0 Å². The summed E-state index contributed by atoms with van der Waals surface area (Å²) < 4.78 is 0. The van der Waals surface area contributed by atoms with Crippen LogP contribution in [0.1, 0.15) is 32.8 Å². The number of hydrogen-bond donors (Lipinski definition) is 6. The molecule has 30 heavy (non-hydrogen) atoms. The normalized spacial score (nSPS) is 24.3. The Hall–Kier alpha value is -2.38. The molecule has 2 rings (SSSR count). The Morgan fingerprint density at radius 3 is 1.90 bits per heavy atom. The maximum atomic E-state index is 10.2. The minimum Gasteiger partial charge on any atom is -0.509 e. The van der Waals surface area contributed by atoms with E-state index in [2.05, 4.69) is 20.8 Å². The van der Waals surface area contributed by atoms with Crippen LogP contribution in [-0.2, 0) is 0 Å². The van der Waals surface area contributed by atoms with Gasteiger partial charge in [-0.1, -0.05) is 69.3 Å². The first-order chi connectivity index (χ1) is 14.0. The van der Waals surface area contributed by atoms with E-state index in [-0.39, 0.29) is 5.41 Å². The van der Waals surface area contributed by atoms with E-state index in [1.807, 2.05) is 18.2 Å². The van der Waals surface area contributed by atoms with E-state index in [0.29, 0.717) is 17.1 Å². The summed E-state index contributed by atoms with van der Waals surface area (Å²) in [5.41, 5.74) is 1.26. The summed E-state index contributed by atoms with van der Waals surface area (Å²) >= 11 is 0. The molecule has 164 valence electrons. The van der Waals surface area contributed by atoms with E-state index in [1.54, 1.807) is 30.3 Å². The van der Waals surface area contributed by atoms with Crippen molar-refractivity contribution in [1.82, 2.24) is 0 Å². The molecule has 6 heteroatoms. The molecule has 0 spiro atoms. The van der Waals surface area contributed by atoms with Gasteiger partial charge in [-0.2, -0.15) is 0 Å². The SMILES string of the molecule is CC(C)C1(C)C=CC(C=C(O)[C@H](O)[C@@H](O)[C@H](O)[C@H](O)C(O)=Cc2ccccc2)=CC1. The van der Waals surface area contributed by atoms with Crippen LogP contribution in [0.2, 0.25) is 0 Å². The smallest absolute Gasteiger partial charge is 0.139 e. The largest absolute Gasteiger partial charge is 0.509 e. The minimum absolute atomic E-state index is 0.00794. The van der Waals surface area contributed by atoms with E-state index in [9.17, 15) is 30.6 Å². The van der Waals surface area contributed by atoms with Crippen LogP contribution in [0, 0.1) is 11.3 Å². The molecule has 6 N–H and O–H groups in total. The Balaban J connectivity index is 2.06. The van der Waals surface area contributed by atoms with Crippen molar-refractivity contribution in [3.63, 3.8) is 0 Å². The fraction of sp³-hybridized carbons (Fsp3) is 0.417. The van der Waals surface area contributed by atoms with Crippen LogP contribution in [-0.4, -0.2) is 55.1 Å². The molecular weight excluding hydrogens is 384 g/mol. The summed E-state index contributed by atoms with van der Waals surface area (Å²) in [5.74, 6) is -0.691. The molecule has 1 aliphatic carbocycles. The lowest BCUT2D eigenvalue weighted by atomic mass is 9.73. The van der Waals surface area contributed by atoms with Crippen molar-refractivity contribution in [2.24, 2.45) is 11.3 Å². The summed E-state index contributed by atoms with van der Waals surface area (Å²) in [4.78, 5) is 0. The first-order valence-electron chi connectivity index (χ1n) is 10.0. The van der Waals surface area contributed by atoms with Gasteiger partial charge in [-0.05, 0) is 41.0 Å². The highest BCUT2D eigenvalue weighted by molar-refractivity contribution is 5.51. The molecule has 0 heterocycles. The van der Waals surface area contributed by atoms with E-state index in [1.165, 1.54) is 12.2 Å². The maximum Gasteiger partial charge on any atom is 0.139 e. The Morgan fingerprint density at radius 2 is 1.43 bits per heavy atom. The van der Waals surface area contributed by atoms with Crippen molar-refractivity contribution in [2.75, 3.05) is 0 Å². The van der Waals surface area contributed by atoms with Gasteiger partial charge in [0.2, 0.25) is 0 Å². The average Bonchev–Trinajstić information content (AvgIpc) is 2.73. The Kier molecular flexibility index (Phi) is 8.03. The molecule has 1 aromatic rings. The van der Waals surface area contributed by atoms with Gasteiger partial charge in [0, 0.05) is 0 Å². The quantitative estimate of drug-likeness (QED) is 0.362. The number of benzene rings is 1. The van der Waals surface area contributed by atoms with Crippen LogP contribution >= 0.6 is 0 Å². The molecule has 1 aliphatic rings. The first kappa shape index (κ1) is 23.9. The van der Waals surface area contributed by atoms with Gasteiger partial charge in [0.05, 0.1) is 0 Å². The lowest BCUT2D eigenvalue weighted by molar-refractivity contribution is -0.1000. The van der Waals surface area contributed by atoms with Gasteiger partial charge >= 0.3 is 0 Å². The van der Waals surface area contributed by atoms with Crippen molar-refractivity contribution < 1.29 is 30.6 Å². The number of hydrogen-bond acceptors (Lipinski definition) is 6. The number of allylic oxidation sites excluding steroid dienone is 5. The van der Waals surface area contributed by atoms with Crippen LogP contribution < -0.4 is 0 Å². The molecule has 0 radical (unpaired) electrons. The third-order valence-electron chi connectivity index (χ3n) is 5.78. The van der Waals surface area contributed by atoms with Crippen LogP contribution in [0.25, 0.3) is 6.08 Å². The van der Waals surface area contributed by atoms with Gasteiger partial charge in [-0.25, -0.2) is 0 Å². The zero-order valence-corrected chi connectivity index (χ0v) is 17.6. The second-order valence-electron chi connectivity index (χ2n) is 8.32. The summed E-state index contributed by atoms with van der Waals surface area (Å²) in [7, 11) is 0. The molecule has 0 saturated carbocycles. The standard InChI is InChI=1S/C24H32O6/c1-15(2)24(3)11-9-17(10-12-24)14-19(26)21(28)23(30)22(29)20(27)18(25)13-16-7-5-4-6-8-16/h4-11,13-15,20-23,25-30H,12H2,1-3H3/t20-,21+,22-,23-,24?/m1/s1. The molecule has 0 aliphatic heterocycles. The van der Waals surface area contributed by atoms with Crippen LogP contribution in [0.5, 0.6) is 0 Å². The third kappa shape index (κ3) is 5.83. The van der Waals surface area contributed by atoms with E-state index in [0.717, 1.165) is 6.42 Å². The first-order valence-corrected chi connectivity index (χ1v) is 10.0. The molecule has 1 unspecified atom stereocenters. The fourth-order valence-electron chi connectivity index (χ4n) is 3.08. The van der Waals surface area contributed by atoms with Crippen molar-refractivity contribution in [1.29, 1.82) is 0 Å². The molecule has 0 aromatic heterocycles. The van der Waals surface area contributed by atoms with E-state index < -0.39 is 35.9 Å². The van der Waals surface area contributed by atoms with Gasteiger partial charge in [0.15, 0.2) is 0 Å². The Bertz CT molecular complexity index is 823. The predicted molar refractivity (Wildman–Crippen MR) is 117 cm³/mol. The molecule has 0 bridgehead atoms. The van der Waals surface area contributed by atoms with Gasteiger partial charge in [0.25, 0.3) is 0 Å². The van der Waals surface area contributed by atoms with E-state index in [4.69, 9.17) is 0 Å². The second-order valence-corrected chi connectivity index (χ2v) is 8.32. The van der Waals surface area contributed by atoms with Crippen molar-refractivity contribution in [3.8, 4) is 0 Å². The van der Waals surface area contributed by atoms with Gasteiger partial charge < -0.3 is 30.6 Å². The lowest BCUT2D eigenvalue weighted by Crippen LogP contribution is -2.45. The molecule has 0 fully saturated rings. The fourth-order valence-corrected chi connectivity index (χ4v) is 3.08. The predicted octanol–water partition coefficient (Wildman–Crippen LogP) is 3.02. The molecule has 6 nitrogen and oxygen atoms in total. The van der Waals surface area contributed by atoms with Crippen molar-refractivity contribution in [3.05, 3.63) is 77.3 Å². The lowest BCUT2D eigenvalue weighted by Gasteiger charge is -2.32. The third-order valence-corrected chi connectivity index (χ3v) is 5.78. The highest BCUT2D eigenvalue weighted by Crippen LogP contribution is 2.37. The minimum atomic E-state index is -1.92. The highest BCUT2D eigenvalue weighted by Gasteiger charge is 2.34. The monoisotopic (exact) mass is 416 g/mol. The van der Waals surface area contributed by atoms with Crippen molar-refractivity contribution in [2.45, 2.75) is 51.6 Å². The molecule has 0 amide bonds. The summed E-state index contributed by atoms with van der Waals surface area (Å²) in [6.07, 6.45) is 1.59. The molecule has 1 aromatic carbocycles. The zero-order valence-electron chi connectivity index (χ0n) is 17.6. The zero-order chi connectivity index (χ0) is 22.5. The van der Waals surface area contributed by atoms with Gasteiger partial charge in [-0.3, -0.25) is 0 Å². The number of rotatable bonds is 8. The molecular formula is C24H32O6. The highest BCUT2D eigenvalue weighted by atomic mass is 16.4. The number of aliphatic hydroxyl groups excluding tert-OH is 6. The topological polar surface area (TPSA) is 121 Å². The van der Waals surface area contributed by atoms with Gasteiger partial charge in [0.1, 0.15) is 35.9 Å². The van der Waals surface area contributed by atoms with Crippen LogP contribution in [0.4, 0.5) is 0 Å². The van der Waals surface area contributed by atoms with Gasteiger partial charge in [-0.15, -0.1) is 0 Å². The average molecular weight is 417 g/mol. The Morgan fingerprint density at radius 1 is 0.900 bits per heavy atom.